The maximum absolute atomic E-state index is 12.9. The van der Waals surface area contributed by atoms with Gasteiger partial charge in [-0.15, -0.1) is 0 Å². The van der Waals surface area contributed by atoms with Gasteiger partial charge in [0.1, 0.15) is 0 Å². The highest BCUT2D eigenvalue weighted by molar-refractivity contribution is 6.39. The summed E-state index contributed by atoms with van der Waals surface area (Å²) < 4.78 is 38.6. The third-order valence-corrected chi connectivity index (χ3v) is 4.09. The molecule has 0 bridgehead atoms. The molecule has 2 rings (SSSR count). The van der Waals surface area contributed by atoms with E-state index in [1.54, 1.807) is 4.90 Å². The first kappa shape index (κ1) is 19.7. The van der Waals surface area contributed by atoms with Crippen LogP contribution in [0.1, 0.15) is 30.4 Å². The van der Waals surface area contributed by atoms with E-state index in [4.69, 9.17) is 0 Å². The number of likely N-dealkylation sites (tertiary alicyclic amines) is 1. The van der Waals surface area contributed by atoms with Gasteiger partial charge in [-0.25, -0.2) is 0 Å². The monoisotopic (exact) mass is 371 g/mol. The van der Waals surface area contributed by atoms with Crippen LogP contribution in [0.25, 0.3) is 0 Å². The molecular weight excluding hydrogens is 351 g/mol. The molecule has 3 amide bonds. The Morgan fingerprint density at radius 1 is 1.12 bits per heavy atom. The Morgan fingerprint density at radius 3 is 2.38 bits per heavy atom. The number of amides is 3. The highest BCUT2D eigenvalue weighted by atomic mass is 19.4. The summed E-state index contributed by atoms with van der Waals surface area (Å²) >= 11 is 0. The van der Waals surface area contributed by atoms with Crippen LogP contribution in [0.5, 0.6) is 0 Å². The third kappa shape index (κ3) is 5.21. The SMILES string of the molecule is Cc1ccc(NC(=O)C(=O)NCCC(=O)N2CCCC2)cc1C(F)(F)F. The minimum absolute atomic E-state index is 0.0106. The van der Waals surface area contributed by atoms with Crippen molar-refractivity contribution in [2.45, 2.75) is 32.4 Å². The van der Waals surface area contributed by atoms with Crippen molar-refractivity contribution in [3.8, 4) is 0 Å². The molecule has 6 nitrogen and oxygen atoms in total. The minimum atomic E-state index is -4.55. The Morgan fingerprint density at radius 2 is 1.77 bits per heavy atom. The van der Waals surface area contributed by atoms with Gasteiger partial charge < -0.3 is 15.5 Å². The van der Waals surface area contributed by atoms with Gasteiger partial charge >= 0.3 is 18.0 Å². The zero-order chi connectivity index (χ0) is 19.3. The van der Waals surface area contributed by atoms with Crippen LogP contribution in [0.2, 0.25) is 0 Å². The van der Waals surface area contributed by atoms with Gasteiger partial charge in [0.15, 0.2) is 0 Å². The van der Waals surface area contributed by atoms with E-state index in [0.29, 0.717) is 13.1 Å². The molecule has 26 heavy (non-hydrogen) atoms. The van der Waals surface area contributed by atoms with E-state index < -0.39 is 23.6 Å². The highest BCUT2D eigenvalue weighted by Gasteiger charge is 2.32. The van der Waals surface area contributed by atoms with Crippen molar-refractivity contribution in [1.82, 2.24) is 10.2 Å². The first-order chi connectivity index (χ1) is 12.2. The quantitative estimate of drug-likeness (QED) is 0.796. The Balaban J connectivity index is 1.85. The zero-order valence-corrected chi connectivity index (χ0v) is 14.3. The van der Waals surface area contributed by atoms with Crippen LogP contribution < -0.4 is 10.6 Å². The molecular formula is C17H20F3N3O3. The van der Waals surface area contributed by atoms with Gasteiger partial charge in [-0.3, -0.25) is 14.4 Å². The van der Waals surface area contributed by atoms with Crippen LogP contribution in [0, 0.1) is 6.92 Å². The summed E-state index contributed by atoms with van der Waals surface area (Å²) in [5.74, 6) is -2.19. The maximum atomic E-state index is 12.9. The fraction of sp³-hybridized carbons (Fsp3) is 0.471. The van der Waals surface area contributed by atoms with E-state index in [0.717, 1.165) is 18.9 Å². The number of carbonyl (C=O) groups excluding carboxylic acids is 3. The predicted octanol–water partition coefficient (Wildman–Crippen LogP) is 2.08. The largest absolute Gasteiger partial charge is 0.416 e. The molecule has 0 radical (unpaired) electrons. The molecule has 0 aliphatic carbocycles. The second kappa shape index (κ2) is 8.20. The molecule has 1 heterocycles. The lowest BCUT2D eigenvalue weighted by Gasteiger charge is -2.15. The number of rotatable bonds is 4. The number of halogens is 3. The van der Waals surface area contributed by atoms with Crippen LogP contribution in [-0.2, 0) is 20.6 Å². The summed E-state index contributed by atoms with van der Waals surface area (Å²) in [5, 5.41) is 4.42. The number of nitrogens with zero attached hydrogens (tertiary/aromatic N) is 1. The smallest absolute Gasteiger partial charge is 0.347 e. The number of aryl methyl sites for hydroxylation is 1. The van der Waals surface area contributed by atoms with E-state index in [9.17, 15) is 27.6 Å². The van der Waals surface area contributed by atoms with Crippen LogP contribution in [0.3, 0.4) is 0 Å². The molecule has 0 saturated carbocycles. The number of hydrogen-bond donors (Lipinski definition) is 2. The maximum Gasteiger partial charge on any atom is 0.416 e. The van der Waals surface area contributed by atoms with Crippen molar-refractivity contribution in [2.24, 2.45) is 0 Å². The minimum Gasteiger partial charge on any atom is -0.347 e. The summed E-state index contributed by atoms with van der Waals surface area (Å²) in [6.45, 7) is 2.69. The molecule has 142 valence electrons. The molecule has 1 fully saturated rings. The van der Waals surface area contributed by atoms with E-state index in [1.807, 2.05) is 0 Å². The number of hydrogen-bond acceptors (Lipinski definition) is 3. The van der Waals surface area contributed by atoms with Crippen LogP contribution >= 0.6 is 0 Å². The number of alkyl halides is 3. The standard InChI is InChI=1S/C17H20F3N3O3/c1-11-4-5-12(10-13(11)17(18,19)20)22-16(26)15(25)21-7-6-14(24)23-8-2-3-9-23/h4-5,10H,2-3,6-9H2,1H3,(H,21,25)(H,22,26). The molecule has 1 saturated heterocycles. The first-order valence-corrected chi connectivity index (χ1v) is 8.23. The van der Waals surface area contributed by atoms with E-state index in [1.165, 1.54) is 19.1 Å². The lowest BCUT2D eigenvalue weighted by Crippen LogP contribution is -2.38. The second-order valence-electron chi connectivity index (χ2n) is 6.08. The van der Waals surface area contributed by atoms with Gasteiger partial charge in [0.25, 0.3) is 0 Å². The fourth-order valence-electron chi connectivity index (χ4n) is 2.68. The number of anilines is 1. The van der Waals surface area contributed by atoms with E-state index >= 15 is 0 Å². The molecule has 1 aromatic carbocycles. The van der Waals surface area contributed by atoms with Gasteiger partial charge in [0, 0.05) is 31.7 Å². The van der Waals surface area contributed by atoms with Crippen molar-refractivity contribution < 1.29 is 27.6 Å². The summed E-state index contributed by atoms with van der Waals surface area (Å²) in [6, 6.07) is 3.27. The molecule has 1 aliphatic heterocycles. The Bertz CT molecular complexity index is 698. The number of nitrogens with one attached hydrogen (secondary N) is 2. The summed E-state index contributed by atoms with van der Waals surface area (Å²) in [4.78, 5) is 37.0. The Labute approximate surface area is 148 Å². The fourth-order valence-corrected chi connectivity index (χ4v) is 2.68. The molecule has 0 atom stereocenters. The molecule has 0 unspecified atom stereocenters. The van der Waals surface area contributed by atoms with Crippen molar-refractivity contribution in [1.29, 1.82) is 0 Å². The molecule has 1 aromatic rings. The van der Waals surface area contributed by atoms with Gasteiger partial charge in [0.2, 0.25) is 5.91 Å². The number of benzene rings is 1. The van der Waals surface area contributed by atoms with Crippen molar-refractivity contribution in [2.75, 3.05) is 25.0 Å². The Kier molecular flexibility index (Phi) is 6.23. The van der Waals surface area contributed by atoms with Crippen LogP contribution in [0.4, 0.5) is 18.9 Å². The van der Waals surface area contributed by atoms with E-state index in [2.05, 4.69) is 10.6 Å². The lowest BCUT2D eigenvalue weighted by atomic mass is 10.1. The molecule has 9 heteroatoms. The van der Waals surface area contributed by atoms with Crippen molar-refractivity contribution in [3.63, 3.8) is 0 Å². The highest BCUT2D eigenvalue weighted by Crippen LogP contribution is 2.33. The van der Waals surface area contributed by atoms with Crippen molar-refractivity contribution in [3.05, 3.63) is 29.3 Å². The van der Waals surface area contributed by atoms with Crippen LogP contribution in [0.15, 0.2) is 18.2 Å². The summed E-state index contributed by atoms with van der Waals surface area (Å²) in [6.07, 6.45) is -2.57. The molecule has 0 aromatic heterocycles. The summed E-state index contributed by atoms with van der Waals surface area (Å²) in [5.41, 5.74) is -0.997. The second-order valence-corrected chi connectivity index (χ2v) is 6.08. The molecule has 1 aliphatic rings. The van der Waals surface area contributed by atoms with Gasteiger partial charge in [-0.2, -0.15) is 13.2 Å². The molecule has 2 N–H and O–H groups in total. The average Bonchev–Trinajstić information content (AvgIpc) is 3.10. The Hall–Kier alpha value is -2.58. The van der Waals surface area contributed by atoms with Gasteiger partial charge in [-0.1, -0.05) is 6.07 Å². The summed E-state index contributed by atoms with van der Waals surface area (Å²) in [7, 11) is 0. The predicted molar refractivity (Wildman–Crippen MR) is 88.3 cm³/mol. The third-order valence-electron chi connectivity index (χ3n) is 4.09. The zero-order valence-electron chi connectivity index (χ0n) is 14.3. The van der Waals surface area contributed by atoms with E-state index in [-0.39, 0.29) is 30.1 Å². The van der Waals surface area contributed by atoms with Crippen molar-refractivity contribution >= 4 is 23.4 Å². The van der Waals surface area contributed by atoms with Crippen LogP contribution in [-0.4, -0.2) is 42.3 Å². The normalized spacial score (nSPS) is 14.2. The first-order valence-electron chi connectivity index (χ1n) is 8.23. The van der Waals surface area contributed by atoms with Gasteiger partial charge in [0.05, 0.1) is 5.56 Å². The van der Waals surface area contributed by atoms with Gasteiger partial charge in [-0.05, 0) is 37.5 Å². The number of carbonyl (C=O) groups is 3. The molecule has 0 spiro atoms. The average molecular weight is 371 g/mol. The lowest BCUT2D eigenvalue weighted by molar-refractivity contribution is -0.138. The topological polar surface area (TPSA) is 78.5 Å².